The Hall–Kier alpha value is -1.66. The van der Waals surface area contributed by atoms with Crippen LogP contribution in [0.15, 0.2) is 24.3 Å². The number of nitrogens with one attached hydrogen (secondary N) is 1. The van der Waals surface area contributed by atoms with E-state index in [1.165, 1.54) is 218 Å². The molecule has 0 aliphatic heterocycles. The molecule has 6 heteroatoms. The number of hydrogen-bond acceptors (Lipinski definition) is 5. The van der Waals surface area contributed by atoms with Gasteiger partial charge in [0, 0.05) is 12.8 Å². The van der Waals surface area contributed by atoms with Crippen LogP contribution in [0.5, 0.6) is 0 Å². The number of unbranched alkanes of at least 4 members (excludes halogenated alkanes) is 40. The number of rotatable bonds is 55. The number of hydrogen-bond donors (Lipinski definition) is 3. The van der Waals surface area contributed by atoms with E-state index in [9.17, 15) is 19.8 Å². The summed E-state index contributed by atoms with van der Waals surface area (Å²) in [6.45, 7) is 4.91. The van der Waals surface area contributed by atoms with Crippen LogP contribution in [0.3, 0.4) is 0 Å². The molecule has 2 atom stereocenters. The summed E-state index contributed by atoms with van der Waals surface area (Å²) in [7, 11) is 0. The van der Waals surface area contributed by atoms with Crippen LogP contribution in [-0.2, 0) is 14.3 Å². The molecule has 0 aliphatic carbocycles. The molecule has 0 fully saturated rings. The summed E-state index contributed by atoms with van der Waals surface area (Å²) in [5.74, 6) is -0.0779. The van der Waals surface area contributed by atoms with Gasteiger partial charge < -0.3 is 20.3 Å². The molecule has 0 saturated carbocycles. The molecule has 0 aromatic carbocycles. The number of carbonyl (C=O) groups excluding carboxylic acids is 2. The topological polar surface area (TPSA) is 95.9 Å². The van der Waals surface area contributed by atoms with Gasteiger partial charge in [0.25, 0.3) is 0 Å². The predicted octanol–water partition coefficient (Wildman–Crippen LogP) is 18.2. The van der Waals surface area contributed by atoms with Crippen LogP contribution in [0.4, 0.5) is 0 Å². The van der Waals surface area contributed by atoms with Crippen LogP contribution in [0, 0.1) is 0 Å². The van der Waals surface area contributed by atoms with Crippen molar-refractivity contribution in [1.29, 1.82) is 0 Å². The maximum atomic E-state index is 12.5. The van der Waals surface area contributed by atoms with Crippen LogP contribution >= 0.6 is 0 Å². The van der Waals surface area contributed by atoms with Crippen molar-refractivity contribution >= 4 is 11.9 Å². The van der Waals surface area contributed by atoms with Crippen molar-refractivity contribution in [3.63, 3.8) is 0 Å². The molecule has 390 valence electrons. The van der Waals surface area contributed by atoms with E-state index >= 15 is 0 Å². The highest BCUT2D eigenvalue weighted by atomic mass is 16.5. The molecule has 0 rings (SSSR count). The van der Waals surface area contributed by atoms with Crippen LogP contribution in [0.1, 0.15) is 322 Å². The molecule has 0 saturated heterocycles. The first-order chi connectivity index (χ1) is 32.5. The zero-order valence-electron chi connectivity index (χ0n) is 44.4. The number of ether oxygens (including phenoxy) is 1. The highest BCUT2D eigenvalue weighted by Crippen LogP contribution is 2.17. The molecule has 6 nitrogen and oxygen atoms in total. The molecule has 3 N–H and O–H groups in total. The third-order valence-electron chi connectivity index (χ3n) is 13.8. The van der Waals surface area contributed by atoms with Gasteiger partial charge in [-0.2, -0.15) is 0 Å². The molecule has 0 spiro atoms. The number of carbonyl (C=O) groups is 2. The Labute approximate surface area is 411 Å². The zero-order chi connectivity index (χ0) is 47.9. The fourth-order valence-corrected chi connectivity index (χ4v) is 9.20. The van der Waals surface area contributed by atoms with E-state index in [4.69, 9.17) is 4.74 Å². The average molecular weight is 931 g/mol. The lowest BCUT2D eigenvalue weighted by molar-refractivity contribution is -0.143. The summed E-state index contributed by atoms with van der Waals surface area (Å²) < 4.78 is 5.46. The fraction of sp³-hybridized carbons (Fsp3) is 0.900. The Morgan fingerprint density at radius 1 is 0.424 bits per heavy atom. The highest BCUT2D eigenvalue weighted by Gasteiger charge is 2.20. The van der Waals surface area contributed by atoms with Gasteiger partial charge in [0.1, 0.15) is 0 Å². The molecule has 0 aliphatic rings. The summed E-state index contributed by atoms with van der Waals surface area (Å²) in [6.07, 6.45) is 67.4. The quantitative estimate of drug-likeness (QED) is 0.0321. The highest BCUT2D eigenvalue weighted by molar-refractivity contribution is 5.76. The minimum atomic E-state index is -0.678. The second-order valence-electron chi connectivity index (χ2n) is 20.3. The van der Waals surface area contributed by atoms with Crippen molar-refractivity contribution in [1.82, 2.24) is 5.32 Å². The van der Waals surface area contributed by atoms with Crippen LogP contribution in [0.25, 0.3) is 0 Å². The summed E-state index contributed by atoms with van der Waals surface area (Å²) in [6, 6.07) is -0.557. The first kappa shape index (κ1) is 64.3. The summed E-state index contributed by atoms with van der Waals surface area (Å²) in [5.41, 5.74) is 0. The number of esters is 1. The third-order valence-corrected chi connectivity index (χ3v) is 13.8. The monoisotopic (exact) mass is 930 g/mol. The van der Waals surface area contributed by atoms with Crippen LogP contribution < -0.4 is 5.32 Å². The standard InChI is InChI=1S/C60H115NO5/c1-3-5-7-9-11-13-15-17-19-21-22-23-24-25-26-27-29-32-36-40-44-48-52-58(63)57(56-62)61-59(64)53-49-45-41-37-33-31-35-39-43-47-51-55-66-60(65)54-50-46-42-38-34-30-28-20-18-16-14-12-10-8-6-4-2/h14,16,20,28,57-58,62-63H,3-13,15,17-19,21-27,29-56H2,1-2H3,(H,61,64)/b16-14-,28-20-. The lowest BCUT2D eigenvalue weighted by Gasteiger charge is -2.22. The predicted molar refractivity (Wildman–Crippen MR) is 287 cm³/mol. The van der Waals surface area contributed by atoms with Gasteiger partial charge in [-0.05, 0) is 57.8 Å². The molecule has 0 aromatic rings. The summed E-state index contributed by atoms with van der Waals surface area (Å²) in [4.78, 5) is 24.6. The molecular weight excluding hydrogens is 815 g/mol. The van der Waals surface area contributed by atoms with Crippen molar-refractivity contribution in [2.45, 2.75) is 334 Å². The maximum Gasteiger partial charge on any atom is 0.305 e. The molecule has 0 radical (unpaired) electrons. The van der Waals surface area contributed by atoms with Gasteiger partial charge in [0.05, 0.1) is 25.4 Å². The van der Waals surface area contributed by atoms with E-state index in [-0.39, 0.29) is 18.5 Å². The minimum absolute atomic E-state index is 0.0261. The minimum Gasteiger partial charge on any atom is -0.466 e. The fourth-order valence-electron chi connectivity index (χ4n) is 9.20. The number of aliphatic hydroxyl groups is 2. The molecule has 1 amide bonds. The van der Waals surface area contributed by atoms with E-state index in [2.05, 4.69) is 43.5 Å². The van der Waals surface area contributed by atoms with E-state index in [1.807, 2.05) is 0 Å². The van der Waals surface area contributed by atoms with Gasteiger partial charge in [-0.3, -0.25) is 9.59 Å². The Kier molecular flexibility index (Phi) is 54.5. The van der Waals surface area contributed by atoms with Crippen molar-refractivity contribution in [3.8, 4) is 0 Å². The lowest BCUT2D eigenvalue weighted by Crippen LogP contribution is -2.45. The normalized spacial score (nSPS) is 12.7. The van der Waals surface area contributed by atoms with Crippen molar-refractivity contribution in [3.05, 3.63) is 24.3 Å². The molecular formula is C60H115NO5. The number of aliphatic hydroxyl groups excluding tert-OH is 2. The van der Waals surface area contributed by atoms with Crippen molar-refractivity contribution < 1.29 is 24.5 Å². The Bertz CT molecular complexity index is 1030. The lowest BCUT2D eigenvalue weighted by atomic mass is 10.0. The Morgan fingerprint density at radius 2 is 0.758 bits per heavy atom. The second-order valence-corrected chi connectivity index (χ2v) is 20.3. The third kappa shape index (κ3) is 51.7. The van der Waals surface area contributed by atoms with Crippen LogP contribution in [-0.4, -0.2) is 47.4 Å². The van der Waals surface area contributed by atoms with E-state index in [0.717, 1.165) is 70.6 Å². The molecule has 0 aromatic heterocycles. The van der Waals surface area contributed by atoms with Crippen molar-refractivity contribution in [2.75, 3.05) is 13.2 Å². The SMILES string of the molecule is CCCCCC/C=C\C/C=C\CCCCCCCC(=O)OCCCCCCCCCCCCCC(=O)NC(CO)C(O)CCCCCCCCCCCCCCCCCCCCCCCC. The summed E-state index contributed by atoms with van der Waals surface area (Å²) >= 11 is 0. The first-order valence-corrected chi connectivity index (χ1v) is 29.6. The maximum absolute atomic E-state index is 12.5. The number of amides is 1. The average Bonchev–Trinajstić information content (AvgIpc) is 3.32. The number of allylic oxidation sites excluding steroid dienone is 4. The van der Waals surface area contributed by atoms with Gasteiger partial charge in [0.15, 0.2) is 0 Å². The van der Waals surface area contributed by atoms with Gasteiger partial charge in [0.2, 0.25) is 5.91 Å². The zero-order valence-corrected chi connectivity index (χ0v) is 44.4. The molecule has 0 bridgehead atoms. The molecule has 2 unspecified atom stereocenters. The van der Waals surface area contributed by atoms with Gasteiger partial charge >= 0.3 is 5.97 Å². The Morgan fingerprint density at radius 3 is 1.17 bits per heavy atom. The van der Waals surface area contributed by atoms with Gasteiger partial charge in [-0.15, -0.1) is 0 Å². The van der Waals surface area contributed by atoms with E-state index in [1.54, 1.807) is 0 Å². The van der Waals surface area contributed by atoms with Gasteiger partial charge in [-0.25, -0.2) is 0 Å². The first-order valence-electron chi connectivity index (χ1n) is 29.6. The second kappa shape index (κ2) is 55.9. The van der Waals surface area contributed by atoms with Gasteiger partial charge in [-0.1, -0.05) is 276 Å². The summed E-state index contributed by atoms with van der Waals surface area (Å²) in [5, 5.41) is 23.3. The van der Waals surface area contributed by atoms with Crippen molar-refractivity contribution in [2.24, 2.45) is 0 Å². The Balaban J connectivity index is 3.47. The smallest absolute Gasteiger partial charge is 0.305 e. The van der Waals surface area contributed by atoms with E-state index < -0.39 is 12.1 Å². The molecule has 0 heterocycles. The van der Waals surface area contributed by atoms with E-state index in [0.29, 0.717) is 25.9 Å². The molecule has 66 heavy (non-hydrogen) atoms. The van der Waals surface area contributed by atoms with Crippen LogP contribution in [0.2, 0.25) is 0 Å². The largest absolute Gasteiger partial charge is 0.466 e.